The van der Waals surface area contributed by atoms with E-state index in [2.05, 4.69) is 71.2 Å². The molecule has 1 aliphatic heterocycles. The van der Waals surface area contributed by atoms with E-state index in [0.29, 0.717) is 0 Å². The summed E-state index contributed by atoms with van der Waals surface area (Å²) >= 11 is 1.72. The van der Waals surface area contributed by atoms with Crippen molar-refractivity contribution in [2.45, 2.75) is 18.9 Å². The zero-order valence-corrected chi connectivity index (χ0v) is 20.2. The summed E-state index contributed by atoms with van der Waals surface area (Å²) in [7, 11) is 0. The number of rotatable bonds is 5. The average molecular weight is 494 g/mol. The van der Waals surface area contributed by atoms with Gasteiger partial charge < -0.3 is 15.0 Å². The number of aromatic amines is 2. The summed E-state index contributed by atoms with van der Waals surface area (Å²) in [5.41, 5.74) is 6.35. The van der Waals surface area contributed by atoms with Crippen molar-refractivity contribution in [2.24, 2.45) is 0 Å². The fourth-order valence-corrected chi connectivity index (χ4v) is 5.58. The summed E-state index contributed by atoms with van der Waals surface area (Å²) in [6.45, 7) is 1.97. The van der Waals surface area contributed by atoms with E-state index in [1.807, 2.05) is 24.7 Å². The quantitative estimate of drug-likeness (QED) is 0.296. The number of nitrogens with one attached hydrogen (secondary N) is 3. The van der Waals surface area contributed by atoms with Gasteiger partial charge in [0, 0.05) is 39.2 Å². The molecule has 6 aromatic rings. The topological polar surface area (TPSA) is 104 Å². The number of piperidine rings is 1. The van der Waals surface area contributed by atoms with E-state index in [1.54, 1.807) is 17.5 Å². The first-order valence-corrected chi connectivity index (χ1v) is 12.9. The summed E-state index contributed by atoms with van der Waals surface area (Å²) in [4.78, 5) is 18.3. The van der Waals surface area contributed by atoms with Crippen molar-refractivity contribution in [1.29, 1.82) is 0 Å². The van der Waals surface area contributed by atoms with Crippen LogP contribution in [0.25, 0.3) is 55.0 Å². The van der Waals surface area contributed by atoms with Crippen LogP contribution in [0.15, 0.2) is 66.6 Å². The van der Waals surface area contributed by atoms with E-state index < -0.39 is 0 Å². The van der Waals surface area contributed by atoms with E-state index in [0.717, 1.165) is 81.8 Å². The highest BCUT2D eigenvalue weighted by atomic mass is 32.1. The molecule has 9 heteroatoms. The number of aromatic nitrogens is 6. The van der Waals surface area contributed by atoms with Crippen molar-refractivity contribution in [1.82, 2.24) is 35.5 Å². The largest absolute Gasteiger partial charge is 0.489 e. The molecule has 36 heavy (non-hydrogen) atoms. The van der Waals surface area contributed by atoms with E-state index in [9.17, 15) is 0 Å². The molecule has 0 spiro atoms. The Bertz CT molecular complexity index is 1660. The van der Waals surface area contributed by atoms with Crippen LogP contribution in [0.4, 0.5) is 0 Å². The van der Waals surface area contributed by atoms with Crippen LogP contribution in [0.3, 0.4) is 0 Å². The fourth-order valence-electron chi connectivity index (χ4n) is 4.81. The Morgan fingerprint density at radius 1 is 0.972 bits per heavy atom. The molecular weight excluding hydrogens is 470 g/mol. The lowest BCUT2D eigenvalue weighted by molar-refractivity contribution is 0.162. The molecular formula is C27H23N7OS. The van der Waals surface area contributed by atoms with Crippen LogP contribution >= 0.6 is 11.3 Å². The molecule has 1 aliphatic rings. The standard InChI is InChI=1S/C27H23N7OS/c1-2-25(36-9-1)19-5-8-30-27-20(19)11-23(32-27)26-21-12-22(31-15-24(21)33-34-26)16-10-18(14-29-13-16)35-17-3-6-28-7-4-17/h1-2,5,8-15,17,28H,3-4,6-7H2,(H,30,32)(H,33,34). The van der Waals surface area contributed by atoms with Gasteiger partial charge in [0.2, 0.25) is 0 Å². The minimum Gasteiger partial charge on any atom is -0.489 e. The lowest BCUT2D eigenvalue weighted by atomic mass is 10.1. The maximum atomic E-state index is 6.20. The number of pyridine rings is 3. The zero-order valence-electron chi connectivity index (χ0n) is 19.4. The molecule has 1 fully saturated rings. The number of nitrogens with zero attached hydrogens (tertiary/aromatic N) is 4. The molecule has 0 atom stereocenters. The first kappa shape index (κ1) is 21.2. The first-order valence-electron chi connectivity index (χ1n) is 12.0. The Labute approximate surface area is 210 Å². The van der Waals surface area contributed by atoms with Crippen LogP contribution in [0.5, 0.6) is 5.75 Å². The van der Waals surface area contributed by atoms with E-state index in [-0.39, 0.29) is 6.10 Å². The van der Waals surface area contributed by atoms with Crippen molar-refractivity contribution >= 4 is 33.3 Å². The molecule has 6 aromatic heterocycles. The lowest BCUT2D eigenvalue weighted by Gasteiger charge is -2.23. The molecule has 0 radical (unpaired) electrons. The van der Waals surface area contributed by atoms with Crippen molar-refractivity contribution in [2.75, 3.05) is 13.1 Å². The summed E-state index contributed by atoms with van der Waals surface area (Å²) in [5, 5.41) is 15.3. The third kappa shape index (κ3) is 3.82. The van der Waals surface area contributed by atoms with Crippen LogP contribution in [0.1, 0.15) is 12.8 Å². The smallest absolute Gasteiger partial charge is 0.138 e. The van der Waals surface area contributed by atoms with Crippen molar-refractivity contribution in [3.05, 3.63) is 66.6 Å². The van der Waals surface area contributed by atoms with Gasteiger partial charge in [0.1, 0.15) is 23.2 Å². The van der Waals surface area contributed by atoms with Crippen LogP contribution in [-0.2, 0) is 0 Å². The second kappa shape index (κ2) is 8.85. The van der Waals surface area contributed by atoms with Gasteiger partial charge in [-0.1, -0.05) is 6.07 Å². The van der Waals surface area contributed by atoms with Crippen molar-refractivity contribution in [3.8, 4) is 38.8 Å². The van der Waals surface area contributed by atoms with Gasteiger partial charge in [-0.2, -0.15) is 5.10 Å². The summed E-state index contributed by atoms with van der Waals surface area (Å²) in [6.07, 6.45) is 9.47. The lowest BCUT2D eigenvalue weighted by Crippen LogP contribution is -2.34. The highest BCUT2D eigenvalue weighted by Gasteiger charge is 2.17. The number of hydrogen-bond donors (Lipinski definition) is 3. The molecule has 0 saturated carbocycles. The normalized spacial score (nSPS) is 14.6. The predicted molar refractivity (Wildman–Crippen MR) is 142 cm³/mol. The Hall–Kier alpha value is -4.08. The van der Waals surface area contributed by atoms with Gasteiger partial charge in [0.05, 0.1) is 29.3 Å². The molecule has 0 aromatic carbocycles. The van der Waals surface area contributed by atoms with E-state index in [4.69, 9.17) is 4.74 Å². The van der Waals surface area contributed by atoms with E-state index >= 15 is 0 Å². The van der Waals surface area contributed by atoms with Gasteiger partial charge in [-0.05, 0) is 61.6 Å². The summed E-state index contributed by atoms with van der Waals surface area (Å²) < 4.78 is 6.20. The Kier molecular flexibility index (Phi) is 5.22. The highest BCUT2D eigenvalue weighted by Crippen LogP contribution is 2.35. The Morgan fingerprint density at radius 2 is 1.92 bits per heavy atom. The average Bonchev–Trinajstić information content (AvgIpc) is 3.68. The molecule has 0 amide bonds. The van der Waals surface area contributed by atoms with Gasteiger partial charge in [-0.3, -0.25) is 15.1 Å². The highest BCUT2D eigenvalue weighted by molar-refractivity contribution is 7.13. The van der Waals surface area contributed by atoms with Gasteiger partial charge in [-0.25, -0.2) is 4.98 Å². The molecule has 8 nitrogen and oxygen atoms in total. The monoisotopic (exact) mass is 493 g/mol. The second-order valence-electron chi connectivity index (χ2n) is 8.94. The molecule has 0 unspecified atom stereocenters. The minimum atomic E-state index is 0.217. The van der Waals surface area contributed by atoms with Gasteiger partial charge in [-0.15, -0.1) is 11.3 Å². The third-order valence-corrected chi connectivity index (χ3v) is 7.52. The summed E-state index contributed by atoms with van der Waals surface area (Å²) in [6, 6.07) is 12.5. The van der Waals surface area contributed by atoms with Crippen LogP contribution in [0, 0.1) is 0 Å². The summed E-state index contributed by atoms with van der Waals surface area (Å²) in [5.74, 6) is 0.775. The van der Waals surface area contributed by atoms with Gasteiger partial charge in [0.15, 0.2) is 0 Å². The third-order valence-electron chi connectivity index (χ3n) is 6.62. The molecule has 178 valence electrons. The second-order valence-corrected chi connectivity index (χ2v) is 9.89. The maximum absolute atomic E-state index is 6.20. The predicted octanol–water partition coefficient (Wildman–Crippen LogP) is 5.42. The van der Waals surface area contributed by atoms with Crippen molar-refractivity contribution < 1.29 is 4.74 Å². The molecule has 0 aliphatic carbocycles. The SMILES string of the molecule is c1csc(-c2ccnc3[nH]c(-c4n[nH]c5cnc(-c6cncc(OC7CCNCC7)c6)cc45)cc23)c1. The van der Waals surface area contributed by atoms with Crippen molar-refractivity contribution in [3.63, 3.8) is 0 Å². The Balaban J connectivity index is 1.26. The van der Waals surface area contributed by atoms with Gasteiger partial charge in [0.25, 0.3) is 0 Å². The molecule has 7 heterocycles. The maximum Gasteiger partial charge on any atom is 0.138 e. The van der Waals surface area contributed by atoms with Crippen LogP contribution in [0.2, 0.25) is 0 Å². The molecule has 1 saturated heterocycles. The van der Waals surface area contributed by atoms with E-state index in [1.165, 1.54) is 4.88 Å². The minimum absolute atomic E-state index is 0.217. The number of H-pyrrole nitrogens is 2. The zero-order chi connectivity index (χ0) is 23.9. The van der Waals surface area contributed by atoms with Crippen LogP contribution < -0.4 is 10.1 Å². The first-order chi connectivity index (χ1) is 17.8. The van der Waals surface area contributed by atoms with Gasteiger partial charge >= 0.3 is 0 Å². The molecule has 3 N–H and O–H groups in total. The molecule has 7 rings (SSSR count). The number of thiophene rings is 1. The number of ether oxygens (including phenoxy) is 1. The number of fused-ring (bicyclic) bond motifs is 2. The number of hydrogen-bond acceptors (Lipinski definition) is 7. The fraction of sp³-hybridized carbons (Fsp3) is 0.185. The van der Waals surface area contributed by atoms with Crippen LogP contribution in [-0.4, -0.2) is 49.3 Å². The molecule has 0 bridgehead atoms. The Morgan fingerprint density at radius 3 is 2.81 bits per heavy atom.